The van der Waals surface area contributed by atoms with E-state index < -0.39 is 17.8 Å². The summed E-state index contributed by atoms with van der Waals surface area (Å²) in [5.74, 6) is 0.942. The van der Waals surface area contributed by atoms with E-state index in [-0.39, 0.29) is 11.3 Å². The van der Waals surface area contributed by atoms with Crippen LogP contribution in [0.1, 0.15) is 55.5 Å². The zero-order valence-corrected chi connectivity index (χ0v) is 18.5. The lowest BCUT2D eigenvalue weighted by atomic mass is 9.85. The molecule has 2 aromatic rings. The fraction of sp³-hybridized carbons (Fsp3) is 0.458. The molecule has 31 heavy (non-hydrogen) atoms. The van der Waals surface area contributed by atoms with Crippen molar-refractivity contribution >= 4 is 5.91 Å². The third-order valence-electron chi connectivity index (χ3n) is 5.41. The molecule has 0 bridgehead atoms. The standard InChI is InChI=1S/C24H28F3NO3/c1-23(2,3)14-21(29)28-10-9-15-12-19(30-4)20(31-5)13-18(15)22(28)16-7-6-8-17(11-16)24(25,26)27/h6-8,11-13,22H,9-10,14H2,1-5H3/t22-/m0/s1. The molecule has 1 aliphatic heterocycles. The summed E-state index contributed by atoms with van der Waals surface area (Å²) in [7, 11) is 3.05. The number of fused-ring (bicyclic) bond motifs is 1. The quantitative estimate of drug-likeness (QED) is 0.625. The summed E-state index contributed by atoms with van der Waals surface area (Å²) in [6.45, 7) is 6.32. The smallest absolute Gasteiger partial charge is 0.416 e. The highest BCUT2D eigenvalue weighted by Crippen LogP contribution is 2.43. The second-order valence-electron chi connectivity index (χ2n) is 9.01. The molecule has 0 radical (unpaired) electrons. The lowest BCUT2D eigenvalue weighted by Gasteiger charge is -2.39. The van der Waals surface area contributed by atoms with E-state index in [1.165, 1.54) is 20.3 Å². The molecule has 0 N–H and O–H groups in total. The second-order valence-corrected chi connectivity index (χ2v) is 9.01. The molecule has 0 unspecified atom stereocenters. The van der Waals surface area contributed by atoms with Crippen molar-refractivity contribution in [2.24, 2.45) is 5.41 Å². The molecular weight excluding hydrogens is 407 g/mol. The molecule has 7 heteroatoms. The highest BCUT2D eigenvalue weighted by atomic mass is 19.4. The van der Waals surface area contributed by atoms with Gasteiger partial charge in [-0.25, -0.2) is 0 Å². The van der Waals surface area contributed by atoms with E-state index >= 15 is 0 Å². The first-order chi connectivity index (χ1) is 14.4. The van der Waals surface area contributed by atoms with Gasteiger partial charge in [-0.2, -0.15) is 13.2 Å². The molecular formula is C24H28F3NO3. The molecule has 0 fully saturated rings. The molecule has 0 saturated heterocycles. The first kappa shape index (κ1) is 23.0. The van der Waals surface area contributed by atoms with Crippen molar-refractivity contribution in [3.8, 4) is 11.5 Å². The summed E-state index contributed by atoms with van der Waals surface area (Å²) in [5.41, 5.74) is 1.13. The van der Waals surface area contributed by atoms with Crippen molar-refractivity contribution in [1.82, 2.24) is 4.90 Å². The Bertz CT molecular complexity index is 964. The van der Waals surface area contributed by atoms with Gasteiger partial charge in [0.1, 0.15) is 0 Å². The van der Waals surface area contributed by atoms with E-state index in [2.05, 4.69) is 0 Å². The third kappa shape index (κ3) is 4.97. The topological polar surface area (TPSA) is 38.8 Å². The van der Waals surface area contributed by atoms with Gasteiger partial charge in [0.2, 0.25) is 5.91 Å². The van der Waals surface area contributed by atoms with Gasteiger partial charge in [-0.05, 0) is 52.8 Å². The summed E-state index contributed by atoms with van der Waals surface area (Å²) in [4.78, 5) is 14.9. The number of hydrogen-bond donors (Lipinski definition) is 0. The van der Waals surface area contributed by atoms with Gasteiger partial charge < -0.3 is 14.4 Å². The molecule has 2 aromatic carbocycles. The van der Waals surface area contributed by atoms with E-state index in [0.29, 0.717) is 36.4 Å². The molecule has 1 aliphatic rings. The van der Waals surface area contributed by atoms with Gasteiger partial charge >= 0.3 is 6.18 Å². The zero-order chi connectivity index (χ0) is 23.0. The van der Waals surface area contributed by atoms with Gasteiger partial charge in [-0.1, -0.05) is 32.9 Å². The van der Waals surface area contributed by atoms with Gasteiger partial charge in [-0.15, -0.1) is 0 Å². The maximum Gasteiger partial charge on any atom is 0.416 e. The van der Waals surface area contributed by atoms with Crippen LogP contribution in [0.2, 0.25) is 0 Å². The molecule has 0 aromatic heterocycles. The average molecular weight is 435 g/mol. The third-order valence-corrected chi connectivity index (χ3v) is 5.41. The number of hydrogen-bond acceptors (Lipinski definition) is 3. The second kappa shape index (κ2) is 8.44. The molecule has 3 rings (SSSR count). The fourth-order valence-electron chi connectivity index (χ4n) is 4.01. The number of carbonyl (C=O) groups excluding carboxylic acids is 1. The van der Waals surface area contributed by atoms with Gasteiger partial charge in [0.05, 0.1) is 25.8 Å². The molecule has 1 amide bonds. The first-order valence-corrected chi connectivity index (χ1v) is 10.2. The van der Waals surface area contributed by atoms with Gasteiger partial charge in [-0.3, -0.25) is 4.79 Å². The van der Waals surface area contributed by atoms with E-state index in [0.717, 1.165) is 23.3 Å². The fourth-order valence-corrected chi connectivity index (χ4v) is 4.01. The average Bonchev–Trinajstić information content (AvgIpc) is 2.69. The molecule has 1 atom stereocenters. The Kier molecular flexibility index (Phi) is 6.25. The summed E-state index contributed by atoms with van der Waals surface area (Å²) >= 11 is 0. The van der Waals surface area contributed by atoms with Crippen molar-refractivity contribution in [2.75, 3.05) is 20.8 Å². The van der Waals surface area contributed by atoms with Gasteiger partial charge in [0.15, 0.2) is 11.5 Å². The highest BCUT2D eigenvalue weighted by Gasteiger charge is 2.36. The Labute approximate surface area is 181 Å². The maximum absolute atomic E-state index is 13.4. The lowest BCUT2D eigenvalue weighted by Crippen LogP contribution is -2.42. The van der Waals surface area contributed by atoms with Crippen molar-refractivity contribution in [3.63, 3.8) is 0 Å². The largest absolute Gasteiger partial charge is 0.493 e. The number of carbonyl (C=O) groups is 1. The normalized spacial score (nSPS) is 16.6. The monoisotopic (exact) mass is 435 g/mol. The SMILES string of the molecule is COc1cc2c(cc1OC)[C@H](c1cccc(C(F)(F)F)c1)N(C(=O)CC(C)(C)C)CC2. The van der Waals surface area contributed by atoms with E-state index in [4.69, 9.17) is 9.47 Å². The van der Waals surface area contributed by atoms with Crippen molar-refractivity contribution in [3.05, 3.63) is 58.7 Å². The van der Waals surface area contributed by atoms with Crippen LogP contribution in [0.3, 0.4) is 0 Å². The van der Waals surface area contributed by atoms with Crippen LogP contribution in [0.15, 0.2) is 36.4 Å². The molecule has 0 saturated carbocycles. The number of rotatable bonds is 4. The number of benzene rings is 2. The van der Waals surface area contributed by atoms with Gasteiger partial charge in [0.25, 0.3) is 0 Å². The van der Waals surface area contributed by atoms with Crippen LogP contribution in [-0.2, 0) is 17.4 Å². The Hall–Kier alpha value is -2.70. The van der Waals surface area contributed by atoms with E-state index in [9.17, 15) is 18.0 Å². The minimum atomic E-state index is -4.47. The maximum atomic E-state index is 13.4. The molecule has 4 nitrogen and oxygen atoms in total. The minimum absolute atomic E-state index is 0.0876. The van der Waals surface area contributed by atoms with Crippen molar-refractivity contribution < 1.29 is 27.4 Å². The minimum Gasteiger partial charge on any atom is -0.493 e. The van der Waals surface area contributed by atoms with Crippen molar-refractivity contribution in [2.45, 2.75) is 45.8 Å². The first-order valence-electron chi connectivity index (χ1n) is 10.2. The summed E-state index contributed by atoms with van der Waals surface area (Å²) < 4.78 is 51.1. The molecule has 0 aliphatic carbocycles. The number of alkyl halides is 3. The molecule has 168 valence electrons. The van der Waals surface area contributed by atoms with Crippen LogP contribution >= 0.6 is 0 Å². The van der Waals surface area contributed by atoms with Crippen LogP contribution in [0.5, 0.6) is 11.5 Å². The lowest BCUT2D eigenvalue weighted by molar-refractivity contribution is -0.137. The molecule has 0 spiro atoms. The summed E-state index contributed by atoms with van der Waals surface area (Å²) in [6, 6.07) is 8.19. The van der Waals surface area contributed by atoms with Crippen LogP contribution in [0, 0.1) is 5.41 Å². The number of nitrogens with zero attached hydrogens (tertiary/aromatic N) is 1. The van der Waals surface area contributed by atoms with Gasteiger partial charge in [0, 0.05) is 13.0 Å². The van der Waals surface area contributed by atoms with E-state index in [1.54, 1.807) is 17.0 Å². The summed E-state index contributed by atoms with van der Waals surface area (Å²) in [5, 5.41) is 0. The van der Waals surface area contributed by atoms with E-state index in [1.807, 2.05) is 26.8 Å². The van der Waals surface area contributed by atoms with Crippen LogP contribution in [0.25, 0.3) is 0 Å². The molecule has 1 heterocycles. The Morgan fingerprint density at radius 3 is 2.29 bits per heavy atom. The van der Waals surface area contributed by atoms with Crippen LogP contribution < -0.4 is 9.47 Å². The Balaban J connectivity index is 2.17. The number of methoxy groups -OCH3 is 2. The summed E-state index contributed by atoms with van der Waals surface area (Å²) in [6.07, 6.45) is -3.59. The predicted molar refractivity (Wildman–Crippen MR) is 112 cm³/mol. The number of halogens is 3. The van der Waals surface area contributed by atoms with Crippen LogP contribution in [-0.4, -0.2) is 31.6 Å². The number of ether oxygens (including phenoxy) is 2. The number of amides is 1. The van der Waals surface area contributed by atoms with Crippen molar-refractivity contribution in [1.29, 1.82) is 0 Å². The Morgan fingerprint density at radius 1 is 1.06 bits per heavy atom. The highest BCUT2D eigenvalue weighted by molar-refractivity contribution is 5.78. The predicted octanol–water partition coefficient (Wildman–Crippen LogP) is 5.63. The zero-order valence-electron chi connectivity index (χ0n) is 18.5. The Morgan fingerprint density at radius 2 is 1.71 bits per heavy atom. The van der Waals surface area contributed by atoms with Crippen LogP contribution in [0.4, 0.5) is 13.2 Å².